The lowest BCUT2D eigenvalue weighted by Crippen LogP contribution is -2.43. The summed E-state index contributed by atoms with van der Waals surface area (Å²) in [5, 5.41) is 9.54. The number of carboxylic acids is 1. The molecule has 1 atom stereocenters. The second kappa shape index (κ2) is 5.50. The predicted octanol–water partition coefficient (Wildman–Crippen LogP) is 3.23. The average Bonchev–Trinajstić information content (AvgIpc) is 2.91. The van der Waals surface area contributed by atoms with E-state index in [0.717, 1.165) is 5.56 Å². The molecule has 2 heterocycles. The first-order valence-electron chi connectivity index (χ1n) is 6.45. The van der Waals surface area contributed by atoms with Gasteiger partial charge in [0, 0.05) is 6.54 Å². The molecule has 108 valence electrons. The van der Waals surface area contributed by atoms with Crippen LogP contribution in [0.2, 0.25) is 4.34 Å². The molecule has 0 fully saturated rings. The van der Waals surface area contributed by atoms with Crippen LogP contribution < -0.4 is 0 Å². The lowest BCUT2D eigenvalue weighted by Gasteiger charge is -2.34. The van der Waals surface area contributed by atoms with E-state index in [1.807, 2.05) is 12.1 Å². The Bertz CT molecular complexity index is 712. The number of carbonyl (C=O) groups is 2. The van der Waals surface area contributed by atoms with Crippen molar-refractivity contribution in [3.8, 4) is 0 Å². The molecule has 1 amide bonds. The third-order valence-electron chi connectivity index (χ3n) is 3.56. The zero-order valence-corrected chi connectivity index (χ0v) is 12.5. The van der Waals surface area contributed by atoms with Gasteiger partial charge in [-0.15, -0.1) is 11.3 Å². The van der Waals surface area contributed by atoms with Gasteiger partial charge in [-0.05, 0) is 29.7 Å². The van der Waals surface area contributed by atoms with Crippen molar-refractivity contribution in [2.75, 3.05) is 6.54 Å². The van der Waals surface area contributed by atoms with E-state index in [0.29, 0.717) is 27.7 Å². The highest BCUT2D eigenvalue weighted by Crippen LogP contribution is 2.32. The lowest BCUT2D eigenvalue weighted by atomic mass is 9.92. The Labute approximate surface area is 130 Å². The van der Waals surface area contributed by atoms with Crippen molar-refractivity contribution in [1.29, 1.82) is 0 Å². The highest BCUT2D eigenvalue weighted by Gasteiger charge is 2.36. The Morgan fingerprint density at radius 3 is 2.67 bits per heavy atom. The third-order valence-corrected chi connectivity index (χ3v) is 4.78. The summed E-state index contributed by atoms with van der Waals surface area (Å²) in [5.41, 5.74) is 1.67. The summed E-state index contributed by atoms with van der Waals surface area (Å²) in [6.45, 7) is 0.391. The Kier molecular flexibility index (Phi) is 3.69. The summed E-state index contributed by atoms with van der Waals surface area (Å²) in [6, 6.07) is 9.70. The Hall–Kier alpha value is -1.85. The summed E-state index contributed by atoms with van der Waals surface area (Å²) in [4.78, 5) is 26.1. The molecule has 2 aromatic rings. The third kappa shape index (κ3) is 2.54. The van der Waals surface area contributed by atoms with Crippen LogP contribution in [0.4, 0.5) is 0 Å². The molecule has 3 rings (SSSR count). The number of thiophene rings is 1. The van der Waals surface area contributed by atoms with Crippen LogP contribution >= 0.6 is 22.9 Å². The zero-order chi connectivity index (χ0) is 15.0. The van der Waals surface area contributed by atoms with Gasteiger partial charge in [0.1, 0.15) is 0 Å². The molecular formula is C15H12ClNO3S. The van der Waals surface area contributed by atoms with Gasteiger partial charge in [-0.25, -0.2) is 4.79 Å². The SMILES string of the molecule is O=C(O)[C@@H]1c2ccccc2CCN1C(=O)c1ccc(Cl)s1. The number of rotatable bonds is 2. The average molecular weight is 322 g/mol. The number of carboxylic acid groups (broad SMARTS) is 1. The van der Waals surface area contributed by atoms with Crippen LogP contribution in [-0.2, 0) is 11.2 Å². The van der Waals surface area contributed by atoms with E-state index >= 15 is 0 Å². The lowest BCUT2D eigenvalue weighted by molar-refractivity contribution is -0.143. The van der Waals surface area contributed by atoms with Crippen molar-refractivity contribution in [2.45, 2.75) is 12.5 Å². The maximum absolute atomic E-state index is 12.6. The van der Waals surface area contributed by atoms with E-state index in [4.69, 9.17) is 11.6 Å². The number of fused-ring (bicyclic) bond motifs is 1. The molecule has 4 nitrogen and oxygen atoms in total. The first-order valence-corrected chi connectivity index (χ1v) is 7.64. The van der Waals surface area contributed by atoms with E-state index in [2.05, 4.69) is 0 Å². The van der Waals surface area contributed by atoms with Crippen LogP contribution in [-0.4, -0.2) is 28.4 Å². The number of carbonyl (C=O) groups excluding carboxylic acids is 1. The molecule has 0 saturated carbocycles. The highest BCUT2D eigenvalue weighted by molar-refractivity contribution is 7.17. The smallest absolute Gasteiger partial charge is 0.331 e. The van der Waals surface area contributed by atoms with Crippen LogP contribution in [0.1, 0.15) is 26.8 Å². The van der Waals surface area contributed by atoms with E-state index in [9.17, 15) is 14.7 Å². The summed E-state index contributed by atoms with van der Waals surface area (Å²) in [7, 11) is 0. The second-order valence-electron chi connectivity index (χ2n) is 4.79. The zero-order valence-electron chi connectivity index (χ0n) is 11.0. The van der Waals surface area contributed by atoms with Gasteiger partial charge < -0.3 is 10.0 Å². The van der Waals surface area contributed by atoms with Crippen LogP contribution in [0.25, 0.3) is 0 Å². The molecule has 0 spiro atoms. The maximum atomic E-state index is 12.6. The van der Waals surface area contributed by atoms with Crippen molar-refractivity contribution in [3.05, 3.63) is 56.7 Å². The molecule has 0 radical (unpaired) electrons. The Morgan fingerprint density at radius 1 is 1.24 bits per heavy atom. The van der Waals surface area contributed by atoms with Gasteiger partial charge in [-0.2, -0.15) is 0 Å². The van der Waals surface area contributed by atoms with E-state index in [-0.39, 0.29) is 5.91 Å². The molecule has 1 aliphatic rings. The number of nitrogens with zero attached hydrogens (tertiary/aromatic N) is 1. The van der Waals surface area contributed by atoms with Crippen molar-refractivity contribution >= 4 is 34.8 Å². The molecule has 1 aromatic heterocycles. The van der Waals surface area contributed by atoms with Crippen LogP contribution in [0.15, 0.2) is 36.4 Å². The van der Waals surface area contributed by atoms with Gasteiger partial charge in [-0.1, -0.05) is 35.9 Å². The number of hydrogen-bond acceptors (Lipinski definition) is 3. The molecule has 21 heavy (non-hydrogen) atoms. The van der Waals surface area contributed by atoms with Crippen molar-refractivity contribution in [3.63, 3.8) is 0 Å². The maximum Gasteiger partial charge on any atom is 0.331 e. The number of amides is 1. The Morgan fingerprint density at radius 2 is 2.00 bits per heavy atom. The van der Waals surface area contributed by atoms with Crippen molar-refractivity contribution < 1.29 is 14.7 Å². The molecular weight excluding hydrogens is 310 g/mol. The first kappa shape index (κ1) is 14.1. The van der Waals surface area contributed by atoms with E-state index in [1.165, 1.54) is 16.2 Å². The topological polar surface area (TPSA) is 57.6 Å². The van der Waals surface area contributed by atoms with Crippen LogP contribution in [0, 0.1) is 0 Å². The summed E-state index contributed by atoms with van der Waals surface area (Å²) < 4.78 is 0.516. The molecule has 0 saturated heterocycles. The minimum absolute atomic E-state index is 0.284. The van der Waals surface area contributed by atoms with Gasteiger partial charge in [0.2, 0.25) is 0 Å². The second-order valence-corrected chi connectivity index (χ2v) is 6.51. The molecule has 1 aliphatic heterocycles. The largest absolute Gasteiger partial charge is 0.479 e. The van der Waals surface area contributed by atoms with Crippen molar-refractivity contribution in [2.24, 2.45) is 0 Å². The quantitative estimate of drug-likeness (QED) is 0.924. The van der Waals surface area contributed by atoms with Crippen LogP contribution in [0.5, 0.6) is 0 Å². The highest BCUT2D eigenvalue weighted by atomic mass is 35.5. The molecule has 0 unspecified atom stereocenters. The summed E-state index contributed by atoms with van der Waals surface area (Å²) >= 11 is 7.02. The fraction of sp³-hybridized carbons (Fsp3) is 0.200. The van der Waals surface area contributed by atoms with Crippen LogP contribution in [0.3, 0.4) is 0 Å². The molecule has 1 aromatic carbocycles. The molecule has 0 bridgehead atoms. The number of hydrogen-bond donors (Lipinski definition) is 1. The Balaban J connectivity index is 1.99. The normalized spacial score (nSPS) is 17.4. The van der Waals surface area contributed by atoms with E-state index < -0.39 is 12.0 Å². The summed E-state index contributed by atoms with van der Waals surface area (Å²) in [5.74, 6) is -1.30. The van der Waals surface area contributed by atoms with Gasteiger partial charge >= 0.3 is 5.97 Å². The summed E-state index contributed by atoms with van der Waals surface area (Å²) in [6.07, 6.45) is 0.658. The van der Waals surface area contributed by atoms with Gasteiger partial charge in [0.25, 0.3) is 5.91 Å². The monoisotopic (exact) mass is 321 g/mol. The minimum atomic E-state index is -1.02. The van der Waals surface area contributed by atoms with Gasteiger partial charge in [-0.3, -0.25) is 4.79 Å². The molecule has 1 N–H and O–H groups in total. The van der Waals surface area contributed by atoms with Crippen molar-refractivity contribution in [1.82, 2.24) is 4.90 Å². The number of benzene rings is 1. The predicted molar refractivity (Wildman–Crippen MR) is 80.9 cm³/mol. The standard InChI is InChI=1S/C15H12ClNO3S/c16-12-6-5-11(21-12)14(18)17-8-7-9-3-1-2-4-10(9)13(17)15(19)20/h1-6,13H,7-8H2,(H,19,20)/t13-/m0/s1. The fourth-order valence-corrected chi connectivity index (χ4v) is 3.62. The minimum Gasteiger partial charge on any atom is -0.479 e. The number of halogens is 1. The molecule has 0 aliphatic carbocycles. The fourth-order valence-electron chi connectivity index (χ4n) is 2.62. The van der Waals surface area contributed by atoms with Gasteiger partial charge in [0.05, 0.1) is 9.21 Å². The molecule has 6 heteroatoms. The van der Waals surface area contributed by atoms with E-state index in [1.54, 1.807) is 24.3 Å². The number of aliphatic carboxylic acids is 1. The van der Waals surface area contributed by atoms with Gasteiger partial charge in [0.15, 0.2) is 6.04 Å². The first-order chi connectivity index (χ1) is 10.1.